The second kappa shape index (κ2) is 14.3. The molecule has 2 fully saturated rings. The maximum atomic E-state index is 15.2. The fraction of sp³-hybridized carbons (Fsp3) is 0.457. The molecule has 50 heavy (non-hydrogen) atoms. The van der Waals surface area contributed by atoms with Crippen LogP contribution in [0.25, 0.3) is 0 Å². The lowest BCUT2D eigenvalue weighted by molar-refractivity contribution is -0.137. The number of nitrogens with zero attached hydrogens (tertiary/aromatic N) is 5. The van der Waals surface area contributed by atoms with E-state index in [-0.39, 0.29) is 45.0 Å². The van der Waals surface area contributed by atoms with E-state index in [0.29, 0.717) is 34.7 Å². The van der Waals surface area contributed by atoms with Crippen LogP contribution in [0.4, 0.5) is 5.69 Å². The first-order chi connectivity index (χ1) is 23.9. The number of piperazine rings is 1. The molecule has 0 aliphatic carbocycles. The number of hydrazine groups is 1. The van der Waals surface area contributed by atoms with E-state index >= 15 is 9.59 Å². The zero-order valence-corrected chi connectivity index (χ0v) is 30.5. The number of anilines is 1. The smallest absolute Gasteiger partial charge is 0.274 e. The quantitative estimate of drug-likeness (QED) is 0.309. The van der Waals surface area contributed by atoms with E-state index in [1.165, 1.54) is 50.6 Å². The number of sulfonamides is 1. The molecule has 2 aromatic carbocycles. The maximum Gasteiger partial charge on any atom is 0.274 e. The van der Waals surface area contributed by atoms with E-state index in [9.17, 15) is 8.42 Å². The first-order valence-electron chi connectivity index (χ1n) is 16.7. The van der Waals surface area contributed by atoms with Crippen molar-refractivity contribution in [1.29, 1.82) is 0 Å². The number of hydrogen-bond donors (Lipinski definition) is 1. The van der Waals surface area contributed by atoms with E-state index < -0.39 is 27.3 Å². The monoisotopic (exact) mass is 726 g/mol. The standard InChI is InChI=1S/C35H43ClN6O7S/c1-6-49-32-28(19-23(2)22-37-32)35(33(43)38-41-13-11-25(12-14-41)40-17-15-39(3)16-18-40)27-20-24(36)7-9-29(27)42(34(35)44)50(45,46)31-10-8-26(47-4)21-30(31)48-5/h7-10,19-22,25H,6,11-18H2,1-5H3,(H,38,43). The highest BCUT2D eigenvalue weighted by molar-refractivity contribution is 7.93. The van der Waals surface area contributed by atoms with Crippen molar-refractivity contribution in [2.45, 2.75) is 43.0 Å². The van der Waals surface area contributed by atoms with E-state index in [0.717, 1.165) is 39.0 Å². The highest BCUT2D eigenvalue weighted by atomic mass is 35.5. The van der Waals surface area contributed by atoms with E-state index in [1.807, 2.05) is 0 Å². The Hall–Kier alpha value is -3.95. The van der Waals surface area contributed by atoms with Crippen LogP contribution < -0.4 is 23.9 Å². The second-order valence-corrected chi connectivity index (χ2v) is 15.0. The Morgan fingerprint density at radius 1 is 1.00 bits per heavy atom. The molecule has 6 rings (SSSR count). The predicted molar refractivity (Wildman–Crippen MR) is 188 cm³/mol. The third-order valence-corrected chi connectivity index (χ3v) is 11.7. The number of aromatic nitrogens is 1. The van der Waals surface area contributed by atoms with Gasteiger partial charge in [-0.05, 0) is 75.7 Å². The molecule has 268 valence electrons. The average Bonchev–Trinajstić information content (AvgIpc) is 3.37. The van der Waals surface area contributed by atoms with Gasteiger partial charge in [-0.1, -0.05) is 11.6 Å². The van der Waals surface area contributed by atoms with Gasteiger partial charge < -0.3 is 19.1 Å². The highest BCUT2D eigenvalue weighted by Crippen LogP contribution is 2.52. The first-order valence-corrected chi connectivity index (χ1v) is 18.5. The summed E-state index contributed by atoms with van der Waals surface area (Å²) in [6, 6.07) is 10.6. The molecule has 3 aliphatic heterocycles. The van der Waals surface area contributed by atoms with Gasteiger partial charge >= 0.3 is 0 Å². The molecule has 1 unspecified atom stereocenters. The number of nitrogens with one attached hydrogen (secondary N) is 1. The summed E-state index contributed by atoms with van der Waals surface area (Å²) in [6.07, 6.45) is 3.21. The van der Waals surface area contributed by atoms with Gasteiger partial charge in [0.2, 0.25) is 5.88 Å². The van der Waals surface area contributed by atoms with Gasteiger partial charge in [0.1, 0.15) is 16.4 Å². The second-order valence-electron chi connectivity index (χ2n) is 12.8. The van der Waals surface area contributed by atoms with Gasteiger partial charge in [-0.3, -0.25) is 19.9 Å². The molecule has 0 radical (unpaired) electrons. The van der Waals surface area contributed by atoms with Gasteiger partial charge in [0.25, 0.3) is 21.8 Å². The zero-order valence-electron chi connectivity index (χ0n) is 28.9. The van der Waals surface area contributed by atoms with E-state index in [1.54, 1.807) is 31.1 Å². The molecule has 2 amide bonds. The largest absolute Gasteiger partial charge is 0.497 e. The van der Waals surface area contributed by atoms with Gasteiger partial charge in [-0.15, -0.1) is 0 Å². The summed E-state index contributed by atoms with van der Waals surface area (Å²) < 4.78 is 46.6. The Kier molecular flexibility index (Phi) is 10.3. The number of hydrogen-bond acceptors (Lipinski definition) is 11. The summed E-state index contributed by atoms with van der Waals surface area (Å²) in [7, 11) is 0.206. The van der Waals surface area contributed by atoms with Gasteiger partial charge in [0.05, 0.1) is 26.5 Å². The minimum Gasteiger partial charge on any atom is -0.497 e. The summed E-state index contributed by atoms with van der Waals surface area (Å²) in [4.78, 5) is 39.3. The Labute approximate surface area is 298 Å². The third kappa shape index (κ3) is 6.28. The fourth-order valence-electron chi connectivity index (χ4n) is 7.12. The number of piperidine rings is 1. The normalized spacial score (nSPS) is 20.8. The topological polar surface area (TPSA) is 134 Å². The van der Waals surface area contributed by atoms with Crippen LogP contribution in [0.1, 0.15) is 36.5 Å². The van der Waals surface area contributed by atoms with Crippen LogP contribution in [0.3, 0.4) is 0 Å². The van der Waals surface area contributed by atoms with E-state index in [2.05, 4.69) is 27.3 Å². The van der Waals surface area contributed by atoms with Crippen molar-refractivity contribution in [3.63, 3.8) is 0 Å². The Balaban J connectivity index is 1.46. The predicted octanol–water partition coefficient (Wildman–Crippen LogP) is 3.22. The summed E-state index contributed by atoms with van der Waals surface area (Å²) in [6.45, 7) is 8.82. The molecule has 13 nitrogen and oxygen atoms in total. The lowest BCUT2D eigenvalue weighted by Gasteiger charge is -2.42. The number of amides is 2. The number of halogens is 1. The molecule has 1 aromatic heterocycles. The number of pyridine rings is 1. The molecule has 1 N–H and O–H groups in total. The number of likely N-dealkylation sites (N-methyl/N-ethyl adjacent to an activating group) is 1. The molecule has 0 spiro atoms. The van der Waals surface area contributed by atoms with Crippen LogP contribution >= 0.6 is 11.6 Å². The van der Waals surface area contributed by atoms with Crippen molar-refractivity contribution in [2.24, 2.45) is 0 Å². The SMILES string of the molecule is CCOc1ncc(C)cc1C1(C(=O)NN2CCC(N3CCN(C)CC3)CC2)C(=O)N(S(=O)(=O)c2ccc(OC)cc2OC)c2ccc(Cl)cc21. The Morgan fingerprint density at radius 3 is 2.38 bits per heavy atom. The number of ether oxygens (including phenoxy) is 3. The van der Waals surface area contributed by atoms with Gasteiger partial charge in [0, 0.05) is 73.7 Å². The van der Waals surface area contributed by atoms with Crippen molar-refractivity contribution >= 4 is 39.1 Å². The average molecular weight is 727 g/mol. The van der Waals surface area contributed by atoms with Crippen molar-refractivity contribution < 1.29 is 32.2 Å². The molecular weight excluding hydrogens is 684 g/mol. The van der Waals surface area contributed by atoms with Crippen molar-refractivity contribution in [3.8, 4) is 17.4 Å². The summed E-state index contributed by atoms with van der Waals surface area (Å²) >= 11 is 6.56. The van der Waals surface area contributed by atoms with Crippen molar-refractivity contribution in [3.05, 3.63) is 70.4 Å². The number of carbonyl (C=O) groups excluding carboxylic acids is 2. The molecule has 1 atom stereocenters. The summed E-state index contributed by atoms with van der Waals surface area (Å²) in [5.74, 6) is -1.41. The van der Waals surface area contributed by atoms with Gasteiger partial charge in [-0.25, -0.2) is 22.7 Å². The highest BCUT2D eigenvalue weighted by Gasteiger charge is 2.63. The Bertz CT molecular complexity index is 1880. The molecular formula is C35H43ClN6O7S. The molecule has 0 saturated carbocycles. The molecule has 15 heteroatoms. The molecule has 3 aromatic rings. The molecule has 0 bridgehead atoms. The van der Waals surface area contributed by atoms with Crippen molar-refractivity contribution in [2.75, 3.05) is 71.4 Å². The molecule has 4 heterocycles. The van der Waals surface area contributed by atoms with Crippen LogP contribution in [-0.4, -0.2) is 113 Å². The van der Waals surface area contributed by atoms with Crippen LogP contribution in [-0.2, 0) is 25.0 Å². The fourth-order valence-corrected chi connectivity index (χ4v) is 8.90. The summed E-state index contributed by atoms with van der Waals surface area (Å²) in [5, 5.41) is 2.02. The van der Waals surface area contributed by atoms with E-state index in [4.69, 9.17) is 25.8 Å². The van der Waals surface area contributed by atoms with Crippen LogP contribution in [0, 0.1) is 6.92 Å². The molecule has 2 saturated heterocycles. The number of benzene rings is 2. The molecule has 3 aliphatic rings. The van der Waals surface area contributed by atoms with Gasteiger partial charge in [-0.2, -0.15) is 0 Å². The minimum absolute atomic E-state index is 0.0230. The lowest BCUT2D eigenvalue weighted by Crippen LogP contribution is -2.59. The van der Waals surface area contributed by atoms with Gasteiger partial charge in [0.15, 0.2) is 5.41 Å². The third-order valence-electron chi connectivity index (χ3n) is 9.77. The van der Waals surface area contributed by atoms with Crippen LogP contribution in [0.5, 0.6) is 17.4 Å². The maximum absolute atomic E-state index is 15.2. The van der Waals surface area contributed by atoms with Crippen LogP contribution in [0.2, 0.25) is 5.02 Å². The zero-order chi connectivity index (χ0) is 35.8. The van der Waals surface area contributed by atoms with Crippen molar-refractivity contribution in [1.82, 2.24) is 25.2 Å². The first kappa shape index (κ1) is 35.9. The number of methoxy groups -OCH3 is 2. The van der Waals surface area contributed by atoms with Crippen LogP contribution in [0.15, 0.2) is 53.6 Å². The number of aryl methyl sites for hydroxylation is 1. The number of rotatable bonds is 10. The Morgan fingerprint density at radius 2 is 1.72 bits per heavy atom. The lowest BCUT2D eigenvalue weighted by atomic mass is 9.74. The number of fused-ring (bicyclic) bond motifs is 1. The summed E-state index contributed by atoms with van der Waals surface area (Å²) in [5.41, 5.74) is 1.58. The minimum atomic E-state index is -4.69. The number of carbonyl (C=O) groups is 2.